The number of nitrogens with zero attached hydrogens (tertiary/aromatic N) is 4. The van der Waals surface area contributed by atoms with Gasteiger partial charge in [-0.2, -0.15) is 5.10 Å². The van der Waals surface area contributed by atoms with Gasteiger partial charge in [0, 0.05) is 49.2 Å². The largest absolute Gasteiger partial charge is 0.338 e. The number of hydrogen-bond donors (Lipinski definition) is 1. The predicted octanol–water partition coefficient (Wildman–Crippen LogP) is 2.10. The Hall–Kier alpha value is -2.24. The van der Waals surface area contributed by atoms with Crippen molar-refractivity contribution in [3.63, 3.8) is 0 Å². The number of carbonyl (C=O) groups excluding carboxylic acids is 1. The summed E-state index contributed by atoms with van der Waals surface area (Å²) in [5.41, 5.74) is 1.70. The predicted molar refractivity (Wildman–Crippen MR) is 80.5 cm³/mol. The third-order valence-electron chi connectivity index (χ3n) is 4.53. The zero-order valence-electron chi connectivity index (χ0n) is 12.4. The van der Waals surface area contributed by atoms with E-state index < -0.39 is 0 Å². The number of H-pyrrole nitrogens is 1. The minimum absolute atomic E-state index is 0.0339. The standard InChI is InChI=1S/C16H19N5O/c22-16(13-8-17-15(18-9-13)11-3-4-11)21-7-1-2-12(10-21)14-5-6-19-20-14/h5-6,8-9,11-12H,1-4,7,10H2,(H,19,20)/t12-/m0/s1. The maximum atomic E-state index is 12.6. The van der Waals surface area contributed by atoms with E-state index in [9.17, 15) is 4.79 Å². The highest BCUT2D eigenvalue weighted by molar-refractivity contribution is 5.93. The van der Waals surface area contributed by atoms with Crippen LogP contribution in [0.5, 0.6) is 0 Å². The molecule has 3 heterocycles. The van der Waals surface area contributed by atoms with Crippen molar-refractivity contribution >= 4 is 5.91 Å². The first kappa shape index (κ1) is 13.4. The second-order valence-corrected chi connectivity index (χ2v) is 6.21. The van der Waals surface area contributed by atoms with E-state index >= 15 is 0 Å². The molecule has 22 heavy (non-hydrogen) atoms. The summed E-state index contributed by atoms with van der Waals surface area (Å²) in [6.45, 7) is 1.53. The van der Waals surface area contributed by atoms with Crippen molar-refractivity contribution in [1.82, 2.24) is 25.1 Å². The van der Waals surface area contributed by atoms with Gasteiger partial charge < -0.3 is 4.90 Å². The van der Waals surface area contributed by atoms with Crippen LogP contribution in [0.1, 0.15) is 59.4 Å². The van der Waals surface area contributed by atoms with Crippen LogP contribution in [0.25, 0.3) is 0 Å². The molecule has 2 aliphatic rings. The number of rotatable bonds is 3. The monoisotopic (exact) mass is 297 g/mol. The summed E-state index contributed by atoms with van der Waals surface area (Å²) in [7, 11) is 0. The van der Waals surface area contributed by atoms with E-state index in [1.807, 2.05) is 11.0 Å². The van der Waals surface area contributed by atoms with Crippen molar-refractivity contribution in [2.45, 2.75) is 37.5 Å². The smallest absolute Gasteiger partial charge is 0.257 e. The SMILES string of the molecule is O=C(c1cnc(C2CC2)nc1)N1CCC[C@H](c2ccn[nH]2)C1. The van der Waals surface area contributed by atoms with E-state index in [0.717, 1.165) is 37.4 Å². The second kappa shape index (κ2) is 5.51. The number of aromatic amines is 1. The number of nitrogens with one attached hydrogen (secondary N) is 1. The summed E-state index contributed by atoms with van der Waals surface area (Å²) >= 11 is 0. The topological polar surface area (TPSA) is 74.8 Å². The van der Waals surface area contributed by atoms with Crippen LogP contribution in [0.4, 0.5) is 0 Å². The van der Waals surface area contributed by atoms with Gasteiger partial charge in [0.05, 0.1) is 5.56 Å². The third kappa shape index (κ3) is 2.61. The summed E-state index contributed by atoms with van der Waals surface area (Å²) in [5.74, 6) is 1.77. The highest BCUT2D eigenvalue weighted by Crippen LogP contribution is 2.37. The Morgan fingerprint density at radius 3 is 2.68 bits per heavy atom. The van der Waals surface area contributed by atoms with E-state index in [2.05, 4.69) is 20.2 Å². The molecule has 1 atom stereocenters. The molecule has 0 aromatic carbocycles. The van der Waals surface area contributed by atoms with Crippen LogP contribution in [0.15, 0.2) is 24.7 Å². The lowest BCUT2D eigenvalue weighted by atomic mass is 9.94. The molecule has 4 rings (SSSR count). The minimum Gasteiger partial charge on any atom is -0.338 e. The minimum atomic E-state index is 0.0339. The first-order chi connectivity index (χ1) is 10.8. The molecule has 114 valence electrons. The van der Waals surface area contributed by atoms with Gasteiger partial charge in [0.2, 0.25) is 0 Å². The Kier molecular flexibility index (Phi) is 3.36. The summed E-state index contributed by atoms with van der Waals surface area (Å²) in [5, 5.41) is 7.03. The summed E-state index contributed by atoms with van der Waals surface area (Å²) < 4.78 is 0. The Morgan fingerprint density at radius 2 is 2.00 bits per heavy atom. The fourth-order valence-electron chi connectivity index (χ4n) is 3.09. The van der Waals surface area contributed by atoms with Gasteiger partial charge in [0.25, 0.3) is 5.91 Å². The van der Waals surface area contributed by atoms with E-state index in [1.165, 1.54) is 12.8 Å². The first-order valence-electron chi connectivity index (χ1n) is 7.92. The summed E-state index contributed by atoms with van der Waals surface area (Å²) in [6.07, 6.45) is 9.57. The maximum absolute atomic E-state index is 12.6. The molecule has 2 aromatic heterocycles. The molecule has 6 nitrogen and oxygen atoms in total. The number of hydrogen-bond acceptors (Lipinski definition) is 4. The summed E-state index contributed by atoms with van der Waals surface area (Å²) in [6, 6.07) is 1.99. The van der Waals surface area contributed by atoms with E-state index in [-0.39, 0.29) is 5.91 Å². The number of likely N-dealkylation sites (tertiary alicyclic amines) is 1. The maximum Gasteiger partial charge on any atom is 0.257 e. The zero-order chi connectivity index (χ0) is 14.9. The fourth-order valence-corrected chi connectivity index (χ4v) is 3.09. The van der Waals surface area contributed by atoms with Crippen LogP contribution >= 0.6 is 0 Å². The molecule has 6 heteroatoms. The number of piperidine rings is 1. The Balaban J connectivity index is 1.47. The van der Waals surface area contributed by atoms with Crippen LogP contribution in [-0.4, -0.2) is 44.1 Å². The second-order valence-electron chi connectivity index (χ2n) is 6.21. The van der Waals surface area contributed by atoms with Gasteiger partial charge in [-0.05, 0) is 31.7 Å². The first-order valence-corrected chi connectivity index (χ1v) is 7.92. The van der Waals surface area contributed by atoms with Crippen LogP contribution in [0.2, 0.25) is 0 Å². The Labute approximate surface area is 129 Å². The van der Waals surface area contributed by atoms with Crippen LogP contribution < -0.4 is 0 Å². The highest BCUT2D eigenvalue weighted by Gasteiger charge is 2.28. The molecule has 1 saturated heterocycles. The highest BCUT2D eigenvalue weighted by atomic mass is 16.2. The van der Waals surface area contributed by atoms with Gasteiger partial charge in [-0.25, -0.2) is 9.97 Å². The Bertz CT molecular complexity index is 648. The lowest BCUT2D eigenvalue weighted by Gasteiger charge is -2.32. The number of amides is 1. The van der Waals surface area contributed by atoms with Crippen LogP contribution in [0, 0.1) is 0 Å². The lowest BCUT2D eigenvalue weighted by molar-refractivity contribution is 0.0705. The molecule has 2 aromatic rings. The van der Waals surface area contributed by atoms with Crippen molar-refractivity contribution in [1.29, 1.82) is 0 Å². The molecule has 0 bridgehead atoms. The molecular weight excluding hydrogens is 278 g/mol. The average Bonchev–Trinajstić information content (AvgIpc) is 3.28. The molecule has 1 saturated carbocycles. The quantitative estimate of drug-likeness (QED) is 0.941. The van der Waals surface area contributed by atoms with Gasteiger partial charge in [0.1, 0.15) is 5.82 Å². The number of carbonyl (C=O) groups is 1. The molecule has 1 aliphatic heterocycles. The average molecular weight is 297 g/mol. The van der Waals surface area contributed by atoms with Gasteiger partial charge in [-0.3, -0.25) is 9.89 Å². The zero-order valence-corrected chi connectivity index (χ0v) is 12.4. The fraction of sp³-hybridized carbons (Fsp3) is 0.500. The lowest BCUT2D eigenvalue weighted by Crippen LogP contribution is -2.39. The normalized spacial score (nSPS) is 21.8. The van der Waals surface area contributed by atoms with Gasteiger partial charge >= 0.3 is 0 Å². The molecule has 1 aliphatic carbocycles. The number of aromatic nitrogens is 4. The Morgan fingerprint density at radius 1 is 1.18 bits per heavy atom. The van der Waals surface area contributed by atoms with Gasteiger partial charge in [-0.15, -0.1) is 0 Å². The molecular formula is C16H19N5O. The molecule has 0 unspecified atom stereocenters. The van der Waals surface area contributed by atoms with E-state index in [4.69, 9.17) is 0 Å². The summed E-state index contributed by atoms with van der Waals surface area (Å²) in [4.78, 5) is 23.2. The molecule has 0 radical (unpaired) electrons. The van der Waals surface area contributed by atoms with E-state index in [1.54, 1.807) is 18.6 Å². The van der Waals surface area contributed by atoms with Crippen LogP contribution in [0.3, 0.4) is 0 Å². The van der Waals surface area contributed by atoms with Crippen molar-refractivity contribution in [2.24, 2.45) is 0 Å². The van der Waals surface area contributed by atoms with Gasteiger partial charge in [0.15, 0.2) is 0 Å². The van der Waals surface area contributed by atoms with E-state index in [0.29, 0.717) is 17.4 Å². The van der Waals surface area contributed by atoms with Crippen molar-refractivity contribution < 1.29 is 4.79 Å². The van der Waals surface area contributed by atoms with Crippen LogP contribution in [-0.2, 0) is 0 Å². The molecule has 1 N–H and O–H groups in total. The molecule has 2 fully saturated rings. The molecule has 1 amide bonds. The van der Waals surface area contributed by atoms with Crippen molar-refractivity contribution in [3.8, 4) is 0 Å². The van der Waals surface area contributed by atoms with Crippen molar-refractivity contribution in [2.75, 3.05) is 13.1 Å². The van der Waals surface area contributed by atoms with Crippen molar-refractivity contribution in [3.05, 3.63) is 41.7 Å². The molecule has 0 spiro atoms. The third-order valence-corrected chi connectivity index (χ3v) is 4.53. The van der Waals surface area contributed by atoms with Gasteiger partial charge in [-0.1, -0.05) is 0 Å².